The van der Waals surface area contributed by atoms with E-state index in [2.05, 4.69) is 31.1 Å². The number of rotatable bonds is 5. The Kier molecular flexibility index (Phi) is 5.75. The lowest BCUT2D eigenvalue weighted by Crippen LogP contribution is -2.17. The Hall–Kier alpha value is -3.81. The Morgan fingerprint density at radius 1 is 1.19 bits per heavy atom. The highest BCUT2D eigenvalue weighted by Crippen LogP contribution is 2.37. The summed E-state index contributed by atoms with van der Waals surface area (Å²) in [6.07, 6.45) is 2.81. The highest BCUT2D eigenvalue weighted by molar-refractivity contribution is 6.06. The van der Waals surface area contributed by atoms with Crippen molar-refractivity contribution in [1.82, 2.24) is 9.55 Å². The Balaban J connectivity index is 1.97. The number of anilines is 2. The second-order valence-corrected chi connectivity index (χ2v) is 8.32. The van der Waals surface area contributed by atoms with E-state index < -0.39 is 5.97 Å². The third-order valence-electron chi connectivity index (χ3n) is 4.99. The van der Waals surface area contributed by atoms with Crippen LogP contribution in [0.1, 0.15) is 52.7 Å². The highest BCUT2D eigenvalue weighted by atomic mass is 16.5. The number of carboxylic acids is 1. The monoisotopic (exact) mass is 422 g/mol. The molecule has 3 rings (SSSR count). The van der Waals surface area contributed by atoms with Gasteiger partial charge in [-0.25, -0.2) is 9.78 Å². The zero-order valence-electron chi connectivity index (χ0n) is 18.2. The Morgan fingerprint density at radius 2 is 1.90 bits per heavy atom. The molecule has 4 N–H and O–H groups in total. The van der Waals surface area contributed by atoms with Crippen molar-refractivity contribution in [2.75, 3.05) is 18.2 Å². The molecular weight excluding hydrogens is 396 g/mol. The van der Waals surface area contributed by atoms with Gasteiger partial charge in [0.25, 0.3) is 5.91 Å². The number of carboxylic acid groups (broad SMARTS) is 1. The number of hydrogen-bond donors (Lipinski definition) is 3. The predicted octanol–water partition coefficient (Wildman–Crippen LogP) is 4.02. The van der Waals surface area contributed by atoms with Crippen LogP contribution in [0, 0.1) is 6.92 Å². The van der Waals surface area contributed by atoms with Gasteiger partial charge in [-0.1, -0.05) is 26.8 Å². The molecule has 1 amide bonds. The molecule has 0 fully saturated rings. The number of nitrogens with one attached hydrogen (secondary N) is 1. The summed E-state index contributed by atoms with van der Waals surface area (Å²) in [4.78, 5) is 28.0. The molecule has 1 aromatic heterocycles. The van der Waals surface area contributed by atoms with Crippen LogP contribution in [0.25, 0.3) is 5.69 Å². The summed E-state index contributed by atoms with van der Waals surface area (Å²) >= 11 is 0. The summed E-state index contributed by atoms with van der Waals surface area (Å²) in [5, 5.41) is 12.0. The summed E-state index contributed by atoms with van der Waals surface area (Å²) in [6.45, 7) is 8.04. The maximum Gasteiger partial charge on any atom is 0.356 e. The largest absolute Gasteiger partial charge is 0.492 e. The Bertz CT molecular complexity index is 1160. The summed E-state index contributed by atoms with van der Waals surface area (Å²) in [5.41, 5.74) is 9.71. The number of ether oxygens (including phenoxy) is 1. The number of methoxy groups -OCH3 is 1. The van der Waals surface area contributed by atoms with Crippen molar-refractivity contribution in [2.45, 2.75) is 33.1 Å². The number of nitrogens with zero attached hydrogens (tertiary/aromatic N) is 2. The van der Waals surface area contributed by atoms with Crippen molar-refractivity contribution < 1.29 is 19.4 Å². The Morgan fingerprint density at radius 3 is 2.48 bits per heavy atom. The molecule has 0 aliphatic carbocycles. The molecule has 8 nitrogen and oxygen atoms in total. The molecule has 0 radical (unpaired) electrons. The SMILES string of the molecule is COc1c(N)cc(C(C)(C)C)cc1NC(=O)c1ccc(C)c(-n2cnc(C(=O)O)c2)c1. The zero-order valence-corrected chi connectivity index (χ0v) is 18.2. The molecule has 0 aliphatic rings. The molecule has 0 atom stereocenters. The van der Waals surface area contributed by atoms with Crippen LogP contribution in [-0.4, -0.2) is 33.6 Å². The maximum absolute atomic E-state index is 13.0. The average molecular weight is 422 g/mol. The summed E-state index contributed by atoms with van der Waals surface area (Å²) in [5.74, 6) is -1.06. The van der Waals surface area contributed by atoms with Gasteiger partial charge in [0.05, 0.1) is 24.2 Å². The van der Waals surface area contributed by atoms with E-state index in [9.17, 15) is 9.59 Å². The lowest BCUT2D eigenvalue weighted by molar-refractivity contribution is 0.0690. The fourth-order valence-electron chi connectivity index (χ4n) is 3.19. The van der Waals surface area contributed by atoms with Crippen LogP contribution in [0.4, 0.5) is 11.4 Å². The van der Waals surface area contributed by atoms with Crippen LogP contribution < -0.4 is 15.8 Å². The van der Waals surface area contributed by atoms with E-state index in [1.54, 1.807) is 22.8 Å². The number of amides is 1. The lowest BCUT2D eigenvalue weighted by Gasteiger charge is -2.22. The molecule has 162 valence electrons. The van der Waals surface area contributed by atoms with Crippen molar-refractivity contribution in [3.8, 4) is 11.4 Å². The third kappa shape index (κ3) is 4.53. The molecule has 0 saturated heterocycles. The number of aromatic carboxylic acids is 1. The van der Waals surface area contributed by atoms with Crippen LogP contribution >= 0.6 is 0 Å². The first-order valence-electron chi connectivity index (χ1n) is 9.69. The summed E-state index contributed by atoms with van der Waals surface area (Å²) in [7, 11) is 1.50. The smallest absolute Gasteiger partial charge is 0.356 e. The third-order valence-corrected chi connectivity index (χ3v) is 4.99. The molecule has 3 aromatic rings. The van der Waals surface area contributed by atoms with Crippen molar-refractivity contribution in [3.63, 3.8) is 0 Å². The van der Waals surface area contributed by atoms with E-state index in [0.29, 0.717) is 28.4 Å². The topological polar surface area (TPSA) is 119 Å². The van der Waals surface area contributed by atoms with Gasteiger partial charge in [-0.3, -0.25) is 4.79 Å². The van der Waals surface area contributed by atoms with Crippen LogP contribution in [0.15, 0.2) is 42.9 Å². The fourth-order valence-corrected chi connectivity index (χ4v) is 3.19. The lowest BCUT2D eigenvalue weighted by atomic mass is 9.86. The number of imidazole rings is 1. The quantitative estimate of drug-likeness (QED) is 0.534. The van der Waals surface area contributed by atoms with Gasteiger partial charge in [0.1, 0.15) is 6.33 Å². The van der Waals surface area contributed by atoms with Gasteiger partial charge in [0.15, 0.2) is 11.4 Å². The van der Waals surface area contributed by atoms with Crippen LogP contribution in [-0.2, 0) is 5.41 Å². The second kappa shape index (κ2) is 8.14. The van der Waals surface area contributed by atoms with Crippen molar-refractivity contribution >= 4 is 23.3 Å². The molecule has 0 aliphatic heterocycles. The predicted molar refractivity (Wildman–Crippen MR) is 119 cm³/mol. The van der Waals surface area contributed by atoms with E-state index in [4.69, 9.17) is 15.6 Å². The number of hydrogen-bond acceptors (Lipinski definition) is 5. The van der Waals surface area contributed by atoms with Gasteiger partial charge in [-0.15, -0.1) is 0 Å². The molecule has 1 heterocycles. The van der Waals surface area contributed by atoms with E-state index in [-0.39, 0.29) is 17.0 Å². The van der Waals surface area contributed by atoms with E-state index >= 15 is 0 Å². The number of carbonyl (C=O) groups is 2. The molecule has 0 unspecified atom stereocenters. The number of aryl methyl sites for hydroxylation is 1. The average Bonchev–Trinajstić information content (AvgIpc) is 3.17. The summed E-state index contributed by atoms with van der Waals surface area (Å²) in [6, 6.07) is 8.88. The number of carbonyl (C=O) groups excluding carboxylic acids is 1. The van der Waals surface area contributed by atoms with Crippen LogP contribution in [0.3, 0.4) is 0 Å². The summed E-state index contributed by atoms with van der Waals surface area (Å²) < 4.78 is 6.99. The standard InChI is InChI=1S/C23H26N4O4/c1-13-6-7-14(8-19(13)27-11-18(22(29)30)25-12-27)21(28)26-17-10-15(23(2,3)4)9-16(24)20(17)31-5/h6-12H,24H2,1-5H3,(H,26,28)(H,29,30). The molecule has 0 bridgehead atoms. The first kappa shape index (κ1) is 21.9. The van der Waals surface area contributed by atoms with Gasteiger partial charge < -0.3 is 25.5 Å². The van der Waals surface area contributed by atoms with Gasteiger partial charge in [-0.05, 0) is 47.7 Å². The van der Waals surface area contributed by atoms with Gasteiger partial charge in [0.2, 0.25) is 0 Å². The first-order valence-corrected chi connectivity index (χ1v) is 9.69. The minimum absolute atomic E-state index is 0.0755. The van der Waals surface area contributed by atoms with Crippen LogP contribution in [0.5, 0.6) is 5.75 Å². The van der Waals surface area contributed by atoms with Gasteiger partial charge >= 0.3 is 5.97 Å². The first-order chi connectivity index (χ1) is 14.5. The number of nitrogen functional groups attached to an aromatic ring is 1. The molecule has 0 saturated carbocycles. The van der Waals surface area contributed by atoms with Gasteiger partial charge in [0, 0.05) is 11.8 Å². The van der Waals surface area contributed by atoms with Crippen LogP contribution in [0.2, 0.25) is 0 Å². The Labute approximate surface area is 180 Å². The molecule has 8 heteroatoms. The molecular formula is C23H26N4O4. The van der Waals surface area contributed by atoms with Crippen molar-refractivity contribution in [2.24, 2.45) is 0 Å². The number of nitrogens with two attached hydrogens (primary N) is 1. The van der Waals surface area contributed by atoms with Crippen molar-refractivity contribution in [3.05, 3.63) is 65.2 Å². The molecule has 0 spiro atoms. The second-order valence-electron chi connectivity index (χ2n) is 8.32. The fraction of sp³-hybridized carbons (Fsp3) is 0.261. The molecule has 2 aromatic carbocycles. The number of benzene rings is 2. The van der Waals surface area contributed by atoms with E-state index in [1.165, 1.54) is 19.6 Å². The minimum atomic E-state index is -1.12. The van der Waals surface area contributed by atoms with E-state index in [0.717, 1.165) is 11.1 Å². The van der Waals surface area contributed by atoms with Gasteiger partial charge in [-0.2, -0.15) is 0 Å². The highest BCUT2D eigenvalue weighted by Gasteiger charge is 2.20. The van der Waals surface area contributed by atoms with E-state index in [1.807, 2.05) is 19.1 Å². The minimum Gasteiger partial charge on any atom is -0.492 e. The zero-order chi connectivity index (χ0) is 22.9. The molecule has 31 heavy (non-hydrogen) atoms. The van der Waals surface area contributed by atoms with Crippen molar-refractivity contribution in [1.29, 1.82) is 0 Å². The normalized spacial score (nSPS) is 11.3. The number of aromatic nitrogens is 2. The maximum atomic E-state index is 13.0.